The van der Waals surface area contributed by atoms with E-state index in [9.17, 15) is 4.79 Å². The smallest absolute Gasteiger partial charge is 0.174 e. The van der Waals surface area contributed by atoms with Crippen molar-refractivity contribution in [1.29, 1.82) is 0 Å². The van der Waals surface area contributed by atoms with Crippen LogP contribution in [0.3, 0.4) is 0 Å². The molecule has 2 aromatic rings. The zero-order chi connectivity index (χ0) is 21.7. The second kappa shape index (κ2) is 13.3. The number of carbonyl (C=O) groups is 1. The molecule has 0 radical (unpaired) electrons. The van der Waals surface area contributed by atoms with E-state index in [4.69, 9.17) is 0 Å². The van der Waals surface area contributed by atoms with Gasteiger partial charge in [0.15, 0.2) is 18.2 Å². The fraction of sp³-hybridized carbons (Fsp3) is 0.571. The third-order valence-corrected chi connectivity index (χ3v) is 6.50. The maximum Gasteiger partial charge on any atom is 0.174 e. The lowest BCUT2D eigenvalue weighted by molar-refractivity contribution is -0.697. The topological polar surface area (TPSA) is 33.0 Å². The Bertz CT molecular complexity index is 801. The monoisotopic (exact) mass is 421 g/mol. The maximum atomic E-state index is 12.5. The van der Waals surface area contributed by atoms with E-state index in [-0.39, 0.29) is 11.8 Å². The number of pyridine rings is 1. The highest BCUT2D eigenvalue weighted by molar-refractivity contribution is 6.03. The van der Waals surface area contributed by atoms with Crippen molar-refractivity contribution in [3.05, 3.63) is 59.9 Å². The second-order valence-corrected chi connectivity index (χ2v) is 9.13. The van der Waals surface area contributed by atoms with Crippen molar-refractivity contribution >= 4 is 11.5 Å². The van der Waals surface area contributed by atoms with E-state index in [0.717, 1.165) is 17.8 Å². The lowest BCUT2D eigenvalue weighted by Gasteiger charge is -2.25. The number of fused-ring (bicyclic) bond motifs is 1. The van der Waals surface area contributed by atoms with Crippen LogP contribution in [0.15, 0.2) is 48.8 Å². The Hall–Kier alpha value is -2.16. The molecule has 1 N–H and O–H groups in total. The van der Waals surface area contributed by atoms with Gasteiger partial charge in [-0.15, -0.1) is 0 Å². The summed E-state index contributed by atoms with van der Waals surface area (Å²) < 4.78 is 2.29. The third kappa shape index (κ3) is 7.79. The third-order valence-electron chi connectivity index (χ3n) is 6.50. The number of aryl methyl sites for hydroxylation is 1. The van der Waals surface area contributed by atoms with Crippen LogP contribution in [-0.4, -0.2) is 5.78 Å². The number of hydrogen-bond donors (Lipinski definition) is 1. The summed E-state index contributed by atoms with van der Waals surface area (Å²) >= 11 is 0. The number of nitrogens with zero attached hydrogens (tertiary/aromatic N) is 1. The Morgan fingerprint density at radius 3 is 2.19 bits per heavy atom. The molecule has 0 spiro atoms. The number of para-hydroxylation sites is 1. The molecule has 1 aliphatic rings. The van der Waals surface area contributed by atoms with Gasteiger partial charge in [-0.1, -0.05) is 83.3 Å². The van der Waals surface area contributed by atoms with Crippen LogP contribution in [0.2, 0.25) is 0 Å². The summed E-state index contributed by atoms with van der Waals surface area (Å²) in [6.45, 7) is 3.34. The molecule has 168 valence electrons. The average molecular weight is 422 g/mol. The fourth-order valence-corrected chi connectivity index (χ4v) is 4.61. The Labute approximate surface area is 189 Å². The van der Waals surface area contributed by atoms with Crippen LogP contribution in [0.25, 0.3) is 0 Å². The maximum absolute atomic E-state index is 12.5. The van der Waals surface area contributed by atoms with Crippen LogP contribution < -0.4 is 9.88 Å². The van der Waals surface area contributed by atoms with E-state index < -0.39 is 0 Å². The molecule has 0 aliphatic carbocycles. The van der Waals surface area contributed by atoms with Gasteiger partial charge < -0.3 is 5.32 Å². The van der Waals surface area contributed by atoms with Crippen LogP contribution >= 0.6 is 0 Å². The molecule has 1 atom stereocenters. The van der Waals surface area contributed by atoms with Crippen molar-refractivity contribution in [2.24, 2.45) is 0 Å². The normalized spacial score (nSPS) is 15.5. The molecule has 0 bridgehead atoms. The highest BCUT2D eigenvalue weighted by atomic mass is 16.1. The fourth-order valence-electron chi connectivity index (χ4n) is 4.61. The van der Waals surface area contributed by atoms with E-state index in [1.807, 2.05) is 24.3 Å². The number of carbonyl (C=O) groups excluding carboxylic acids is 1. The van der Waals surface area contributed by atoms with Crippen molar-refractivity contribution < 1.29 is 9.36 Å². The summed E-state index contributed by atoms with van der Waals surface area (Å²) in [5.41, 5.74) is 2.98. The molecule has 3 nitrogen and oxygen atoms in total. The van der Waals surface area contributed by atoms with Crippen molar-refractivity contribution in [2.75, 3.05) is 5.32 Å². The van der Waals surface area contributed by atoms with Crippen LogP contribution in [-0.2, 0) is 6.54 Å². The minimum Gasteiger partial charge on any atom is -0.377 e. The summed E-state index contributed by atoms with van der Waals surface area (Å²) in [7, 11) is 0. The number of anilines is 1. The molecule has 0 amide bonds. The van der Waals surface area contributed by atoms with Crippen molar-refractivity contribution in [3.8, 4) is 0 Å². The number of unbranched alkanes of at least 4 members (excludes halogenated alkanes) is 11. The largest absolute Gasteiger partial charge is 0.377 e. The number of nitrogens with one attached hydrogen (secondary N) is 1. The van der Waals surface area contributed by atoms with Gasteiger partial charge in [-0.3, -0.25) is 4.79 Å². The van der Waals surface area contributed by atoms with Gasteiger partial charge in [-0.2, -0.15) is 0 Å². The van der Waals surface area contributed by atoms with Gasteiger partial charge in [0.2, 0.25) is 0 Å². The number of benzene rings is 1. The van der Waals surface area contributed by atoms with Crippen molar-refractivity contribution in [3.63, 3.8) is 0 Å². The molecule has 2 heterocycles. The lowest BCUT2D eigenvalue weighted by atomic mass is 9.93. The molecule has 0 saturated heterocycles. The quantitative estimate of drug-likeness (QED) is 0.254. The molecule has 1 aliphatic heterocycles. The van der Waals surface area contributed by atoms with Crippen molar-refractivity contribution in [2.45, 2.75) is 103 Å². The molecule has 0 saturated carbocycles. The SMILES string of the molecule is CCCCCCCCCCCCCC[n+]1cccc(C2CC(=O)c3ccccc3N2)c1. The predicted octanol–water partition coefficient (Wildman–Crippen LogP) is 7.41. The zero-order valence-electron chi connectivity index (χ0n) is 19.5. The highest BCUT2D eigenvalue weighted by Crippen LogP contribution is 2.31. The molecule has 31 heavy (non-hydrogen) atoms. The summed E-state index contributed by atoms with van der Waals surface area (Å²) in [6, 6.07) is 12.2. The Kier molecular flexibility index (Phi) is 10.1. The zero-order valence-corrected chi connectivity index (χ0v) is 19.5. The molecule has 1 aromatic heterocycles. The van der Waals surface area contributed by atoms with Gasteiger partial charge in [0.1, 0.15) is 6.54 Å². The lowest BCUT2D eigenvalue weighted by Crippen LogP contribution is -2.34. The molecule has 1 unspecified atom stereocenters. The number of rotatable bonds is 14. The molecule has 1 aromatic carbocycles. The van der Waals surface area contributed by atoms with Gasteiger partial charge in [-0.05, 0) is 24.6 Å². The van der Waals surface area contributed by atoms with E-state index in [0.29, 0.717) is 6.42 Å². The van der Waals surface area contributed by atoms with Crippen LogP contribution in [0.5, 0.6) is 0 Å². The second-order valence-electron chi connectivity index (χ2n) is 9.13. The Balaban J connectivity index is 1.32. The first-order valence-corrected chi connectivity index (χ1v) is 12.7. The van der Waals surface area contributed by atoms with E-state index >= 15 is 0 Å². The van der Waals surface area contributed by atoms with E-state index in [1.165, 1.54) is 82.6 Å². The minimum atomic E-state index is 0.0665. The molecule has 3 rings (SSSR count). The number of aromatic nitrogens is 1. The summed E-state index contributed by atoms with van der Waals surface area (Å²) in [5.74, 6) is 0.232. The van der Waals surface area contributed by atoms with Gasteiger partial charge in [0.05, 0.1) is 6.04 Å². The molecule has 0 fully saturated rings. The first kappa shape index (κ1) is 23.5. The number of ketones is 1. The van der Waals surface area contributed by atoms with Crippen LogP contribution in [0.4, 0.5) is 5.69 Å². The number of Topliss-reactive ketones (excluding diaryl/α,β-unsaturated/α-hetero) is 1. The summed E-state index contributed by atoms with van der Waals surface area (Å²) in [4.78, 5) is 12.5. The van der Waals surface area contributed by atoms with Gasteiger partial charge in [0.25, 0.3) is 0 Å². The Morgan fingerprint density at radius 1 is 0.839 bits per heavy atom. The molecular formula is C28H41N2O+. The standard InChI is InChI=1S/C28H40N2O/c1-2-3-4-5-6-7-8-9-10-11-12-15-20-30-21-16-17-24(23-30)27-22-28(31)25-18-13-14-19-26(25)29-27/h13-14,16-19,21,23,27H,2-12,15,20,22H2,1H3/p+1. The highest BCUT2D eigenvalue weighted by Gasteiger charge is 2.26. The van der Waals surface area contributed by atoms with Crippen molar-refractivity contribution in [1.82, 2.24) is 0 Å². The average Bonchev–Trinajstić information content (AvgIpc) is 2.80. The van der Waals surface area contributed by atoms with Crippen LogP contribution in [0, 0.1) is 0 Å². The first-order chi connectivity index (χ1) is 15.3. The number of hydrogen-bond acceptors (Lipinski definition) is 2. The van der Waals surface area contributed by atoms with Crippen LogP contribution in [0.1, 0.15) is 112 Å². The predicted molar refractivity (Wildman–Crippen MR) is 129 cm³/mol. The minimum absolute atomic E-state index is 0.0665. The first-order valence-electron chi connectivity index (χ1n) is 12.7. The molecule has 3 heteroatoms. The van der Waals surface area contributed by atoms with E-state index in [1.54, 1.807) is 0 Å². The Morgan fingerprint density at radius 2 is 1.48 bits per heavy atom. The summed E-state index contributed by atoms with van der Waals surface area (Å²) in [5, 5.41) is 3.55. The molecular weight excluding hydrogens is 380 g/mol. The summed E-state index contributed by atoms with van der Waals surface area (Å²) in [6.07, 6.45) is 21.4. The van der Waals surface area contributed by atoms with Gasteiger partial charge in [0, 0.05) is 35.7 Å². The van der Waals surface area contributed by atoms with Gasteiger partial charge >= 0.3 is 0 Å². The van der Waals surface area contributed by atoms with Gasteiger partial charge in [-0.25, -0.2) is 4.57 Å². The van der Waals surface area contributed by atoms with E-state index in [2.05, 4.69) is 41.3 Å².